The van der Waals surface area contributed by atoms with Crippen molar-refractivity contribution in [2.45, 2.75) is 51.9 Å². The molecule has 6 heteroatoms. The van der Waals surface area contributed by atoms with E-state index in [9.17, 15) is 8.42 Å². The van der Waals surface area contributed by atoms with Gasteiger partial charge in [-0.25, -0.2) is 8.42 Å². The van der Waals surface area contributed by atoms with Gasteiger partial charge in [0.25, 0.3) is 0 Å². The molecule has 23 heavy (non-hydrogen) atoms. The largest absolute Gasteiger partial charge is 0.356 e. The Kier molecular flexibility index (Phi) is 6.34. The average molecular weight is 344 g/mol. The molecule has 2 rings (SSSR count). The van der Waals surface area contributed by atoms with E-state index in [-0.39, 0.29) is 11.2 Å². The van der Waals surface area contributed by atoms with Crippen molar-refractivity contribution in [1.82, 2.24) is 10.6 Å². The van der Waals surface area contributed by atoms with Crippen molar-refractivity contribution in [2.24, 2.45) is 22.2 Å². The lowest BCUT2D eigenvalue weighted by molar-refractivity contribution is 0.270. The number of hydrogen-bond donors (Lipinski definition) is 2. The van der Waals surface area contributed by atoms with Gasteiger partial charge in [0.05, 0.1) is 5.75 Å². The van der Waals surface area contributed by atoms with Gasteiger partial charge in [-0.3, -0.25) is 4.99 Å². The highest BCUT2D eigenvalue weighted by Crippen LogP contribution is 2.45. The van der Waals surface area contributed by atoms with Crippen LogP contribution in [-0.4, -0.2) is 46.5 Å². The molecule has 0 aromatic heterocycles. The topological polar surface area (TPSA) is 70.6 Å². The molecule has 5 nitrogen and oxygen atoms in total. The highest BCUT2D eigenvalue weighted by molar-refractivity contribution is 7.90. The summed E-state index contributed by atoms with van der Waals surface area (Å²) in [7, 11) is -1.14. The Morgan fingerprint density at radius 3 is 2.57 bits per heavy atom. The van der Waals surface area contributed by atoms with Gasteiger partial charge >= 0.3 is 0 Å². The fourth-order valence-corrected chi connectivity index (χ4v) is 5.32. The molecule has 2 fully saturated rings. The van der Waals surface area contributed by atoms with Gasteiger partial charge in [-0.2, -0.15) is 0 Å². The van der Waals surface area contributed by atoms with Gasteiger partial charge in [0.2, 0.25) is 0 Å². The molecule has 0 aliphatic heterocycles. The molecule has 0 heterocycles. The zero-order valence-corrected chi connectivity index (χ0v) is 15.7. The van der Waals surface area contributed by atoms with Crippen LogP contribution in [0.4, 0.5) is 0 Å². The molecule has 0 saturated heterocycles. The van der Waals surface area contributed by atoms with Crippen molar-refractivity contribution < 1.29 is 8.42 Å². The van der Waals surface area contributed by atoms with Crippen LogP contribution in [0.2, 0.25) is 0 Å². The summed E-state index contributed by atoms with van der Waals surface area (Å²) in [6.45, 7) is 3.99. The summed E-state index contributed by atoms with van der Waals surface area (Å²) in [6, 6.07) is 0. The first-order chi connectivity index (χ1) is 10.8. The third-order valence-electron chi connectivity index (χ3n) is 5.27. The summed E-state index contributed by atoms with van der Waals surface area (Å²) in [5, 5.41) is 6.70. The lowest BCUT2D eigenvalue weighted by atomic mass is 9.81. The van der Waals surface area contributed by atoms with E-state index in [0.29, 0.717) is 6.54 Å². The second kappa shape index (κ2) is 7.86. The van der Waals surface area contributed by atoms with E-state index in [1.165, 1.54) is 38.4 Å². The Morgan fingerprint density at radius 2 is 2.00 bits per heavy atom. The minimum absolute atomic E-state index is 0.0655. The Balaban J connectivity index is 1.68. The molecule has 0 radical (unpaired) electrons. The van der Waals surface area contributed by atoms with Gasteiger partial charge in [-0.1, -0.05) is 26.2 Å². The lowest BCUT2D eigenvalue weighted by Crippen LogP contribution is -2.42. The maximum atomic E-state index is 11.5. The molecule has 0 bridgehead atoms. The predicted octanol–water partition coefficient (Wildman–Crippen LogP) is 2.19. The molecular weight excluding hydrogens is 310 g/mol. The second-order valence-corrected chi connectivity index (χ2v) is 9.99. The van der Waals surface area contributed by atoms with Crippen molar-refractivity contribution in [3.8, 4) is 0 Å². The number of nitrogens with zero attached hydrogens (tertiary/aromatic N) is 1. The molecule has 0 amide bonds. The van der Waals surface area contributed by atoms with E-state index in [1.54, 1.807) is 7.05 Å². The number of guanidine groups is 1. The molecule has 0 aromatic rings. The third-order valence-corrected chi connectivity index (χ3v) is 6.41. The number of rotatable bonds is 7. The number of hydrogen-bond acceptors (Lipinski definition) is 3. The van der Waals surface area contributed by atoms with E-state index in [2.05, 4.69) is 22.5 Å². The Labute approximate surface area is 141 Å². The quantitative estimate of drug-likeness (QED) is 0.549. The summed E-state index contributed by atoms with van der Waals surface area (Å²) in [6.07, 6.45) is 9.96. The molecule has 2 saturated carbocycles. The monoisotopic (exact) mass is 343 g/mol. The molecule has 0 spiro atoms. The van der Waals surface area contributed by atoms with Crippen LogP contribution in [0.15, 0.2) is 4.99 Å². The smallest absolute Gasteiger partial charge is 0.190 e. The van der Waals surface area contributed by atoms with Gasteiger partial charge in [-0.05, 0) is 37.5 Å². The van der Waals surface area contributed by atoms with Crippen LogP contribution < -0.4 is 10.6 Å². The van der Waals surface area contributed by atoms with E-state index < -0.39 is 9.84 Å². The zero-order valence-electron chi connectivity index (χ0n) is 14.9. The summed E-state index contributed by atoms with van der Waals surface area (Å²) < 4.78 is 23.0. The molecule has 2 N–H and O–H groups in total. The molecule has 2 unspecified atom stereocenters. The average Bonchev–Trinajstić information content (AvgIpc) is 3.20. The van der Waals surface area contributed by atoms with Crippen molar-refractivity contribution in [2.75, 3.05) is 32.1 Å². The SMILES string of the molecule is CN=C(NCCC1CCCC(C)C1)NCC1(CS(C)(=O)=O)CC1. The normalized spacial score (nSPS) is 27.5. The number of nitrogens with one attached hydrogen (secondary N) is 2. The van der Waals surface area contributed by atoms with Crippen LogP contribution in [0.1, 0.15) is 51.9 Å². The fourth-order valence-electron chi connectivity index (χ4n) is 3.81. The van der Waals surface area contributed by atoms with Crippen LogP contribution in [0, 0.1) is 17.3 Å². The first-order valence-corrected chi connectivity index (χ1v) is 11.0. The van der Waals surface area contributed by atoms with Gasteiger partial charge in [0.1, 0.15) is 9.84 Å². The van der Waals surface area contributed by atoms with Gasteiger partial charge in [0.15, 0.2) is 5.96 Å². The Hall–Kier alpha value is -0.780. The first kappa shape index (κ1) is 18.6. The van der Waals surface area contributed by atoms with E-state index >= 15 is 0 Å². The zero-order chi connectivity index (χ0) is 16.9. The van der Waals surface area contributed by atoms with E-state index in [1.807, 2.05) is 0 Å². The maximum absolute atomic E-state index is 11.5. The Bertz CT molecular complexity index is 512. The van der Waals surface area contributed by atoms with Crippen LogP contribution in [-0.2, 0) is 9.84 Å². The van der Waals surface area contributed by atoms with Crippen molar-refractivity contribution in [3.63, 3.8) is 0 Å². The molecule has 2 aliphatic rings. The number of sulfone groups is 1. The molecular formula is C17H33N3O2S. The van der Waals surface area contributed by atoms with Crippen LogP contribution >= 0.6 is 0 Å². The van der Waals surface area contributed by atoms with Crippen LogP contribution in [0.3, 0.4) is 0 Å². The van der Waals surface area contributed by atoms with Crippen LogP contribution in [0.25, 0.3) is 0 Å². The van der Waals surface area contributed by atoms with Gasteiger partial charge in [0, 0.05) is 31.8 Å². The van der Waals surface area contributed by atoms with E-state index in [0.717, 1.165) is 37.2 Å². The predicted molar refractivity (Wildman–Crippen MR) is 96.5 cm³/mol. The number of aliphatic imine (C=N–C) groups is 1. The summed E-state index contributed by atoms with van der Waals surface area (Å²) in [5.74, 6) is 2.79. The molecule has 0 aromatic carbocycles. The minimum atomic E-state index is -2.91. The summed E-state index contributed by atoms with van der Waals surface area (Å²) in [4.78, 5) is 4.26. The first-order valence-electron chi connectivity index (χ1n) is 8.94. The van der Waals surface area contributed by atoms with Crippen LogP contribution in [0.5, 0.6) is 0 Å². The summed E-state index contributed by atoms with van der Waals surface area (Å²) in [5.41, 5.74) is -0.0655. The Morgan fingerprint density at radius 1 is 1.26 bits per heavy atom. The highest BCUT2D eigenvalue weighted by atomic mass is 32.2. The van der Waals surface area contributed by atoms with Gasteiger partial charge < -0.3 is 10.6 Å². The van der Waals surface area contributed by atoms with E-state index in [4.69, 9.17) is 0 Å². The maximum Gasteiger partial charge on any atom is 0.190 e. The standard InChI is InChI=1S/C17H33N3O2S/c1-14-5-4-6-15(11-14)7-10-19-16(18-2)20-12-17(8-9-17)13-23(3,21)22/h14-15H,4-13H2,1-3H3,(H2,18,19,20). The minimum Gasteiger partial charge on any atom is -0.356 e. The van der Waals surface area contributed by atoms with Crippen molar-refractivity contribution in [3.05, 3.63) is 0 Å². The van der Waals surface area contributed by atoms with Gasteiger partial charge in [-0.15, -0.1) is 0 Å². The molecule has 2 atom stereocenters. The highest BCUT2D eigenvalue weighted by Gasteiger charge is 2.45. The molecule has 134 valence electrons. The summed E-state index contributed by atoms with van der Waals surface area (Å²) >= 11 is 0. The van der Waals surface area contributed by atoms with Crippen molar-refractivity contribution >= 4 is 15.8 Å². The molecule has 2 aliphatic carbocycles. The third kappa shape index (κ3) is 6.69. The second-order valence-electron chi connectivity index (χ2n) is 7.85. The lowest BCUT2D eigenvalue weighted by Gasteiger charge is -2.27. The fraction of sp³-hybridized carbons (Fsp3) is 0.941. The van der Waals surface area contributed by atoms with Crippen molar-refractivity contribution in [1.29, 1.82) is 0 Å².